The Morgan fingerprint density at radius 2 is 1.74 bits per heavy atom. The van der Waals surface area contributed by atoms with Gasteiger partial charge < -0.3 is 16.4 Å². The first-order valence-corrected chi connectivity index (χ1v) is 14.3. The van der Waals surface area contributed by atoms with E-state index in [-0.39, 0.29) is 34.1 Å². The predicted octanol–water partition coefficient (Wildman–Crippen LogP) is 5.15. The molecule has 0 bridgehead atoms. The van der Waals surface area contributed by atoms with E-state index in [0.29, 0.717) is 24.6 Å². The van der Waals surface area contributed by atoms with Crippen LogP contribution in [0.1, 0.15) is 92.8 Å². The number of nitrogens with zero attached hydrogens (tertiary/aromatic N) is 2. The van der Waals surface area contributed by atoms with Gasteiger partial charge in [0.15, 0.2) is 5.69 Å². The Morgan fingerprint density at radius 3 is 2.34 bits per heavy atom. The van der Waals surface area contributed by atoms with Gasteiger partial charge in [-0.1, -0.05) is 47.0 Å². The van der Waals surface area contributed by atoms with E-state index in [2.05, 4.69) is 28.9 Å². The zero-order chi connectivity index (χ0) is 27.8. The second-order valence-corrected chi connectivity index (χ2v) is 11.6. The van der Waals surface area contributed by atoms with Crippen molar-refractivity contribution < 1.29 is 18.8 Å². The van der Waals surface area contributed by atoms with Gasteiger partial charge in [-0.05, 0) is 73.3 Å². The van der Waals surface area contributed by atoms with Gasteiger partial charge >= 0.3 is 0 Å². The molecule has 1 saturated carbocycles. The SMILES string of the molecule is CC(C)CCNC(=O)[C@@H](CC(C)C)N(C(=O)c1snc(C(=O)NC2CCCCC2)c1N)c1ccc(F)cc1. The normalized spacial score (nSPS) is 14.9. The van der Waals surface area contributed by atoms with Crippen molar-refractivity contribution in [1.29, 1.82) is 0 Å². The Morgan fingerprint density at radius 1 is 1.08 bits per heavy atom. The molecule has 0 saturated heterocycles. The summed E-state index contributed by atoms with van der Waals surface area (Å²) in [6.45, 7) is 8.55. The molecule has 0 aliphatic heterocycles. The zero-order valence-electron chi connectivity index (χ0n) is 22.8. The molecule has 1 aromatic carbocycles. The van der Waals surface area contributed by atoms with Gasteiger partial charge in [-0.15, -0.1) is 0 Å². The van der Waals surface area contributed by atoms with Gasteiger partial charge in [-0.3, -0.25) is 19.3 Å². The number of carbonyl (C=O) groups excluding carboxylic acids is 3. The van der Waals surface area contributed by atoms with Crippen LogP contribution in [0.25, 0.3) is 0 Å². The second-order valence-electron chi connectivity index (χ2n) is 10.9. The molecule has 1 aromatic heterocycles. The molecule has 0 unspecified atom stereocenters. The number of amides is 3. The average Bonchev–Trinajstić information content (AvgIpc) is 3.26. The van der Waals surface area contributed by atoms with Crippen molar-refractivity contribution in [2.24, 2.45) is 11.8 Å². The highest BCUT2D eigenvalue weighted by molar-refractivity contribution is 7.09. The third-order valence-corrected chi connectivity index (χ3v) is 7.58. The fraction of sp³-hybridized carbons (Fsp3) is 0.571. The predicted molar refractivity (Wildman–Crippen MR) is 150 cm³/mol. The fourth-order valence-corrected chi connectivity index (χ4v) is 5.38. The van der Waals surface area contributed by atoms with E-state index in [9.17, 15) is 18.8 Å². The van der Waals surface area contributed by atoms with Gasteiger partial charge in [0.1, 0.15) is 16.7 Å². The smallest absolute Gasteiger partial charge is 0.273 e. The molecule has 0 radical (unpaired) electrons. The Bertz CT molecular complexity index is 1100. The Kier molecular flexibility index (Phi) is 10.6. The first-order chi connectivity index (χ1) is 18.1. The molecule has 8 nitrogen and oxygen atoms in total. The van der Waals surface area contributed by atoms with E-state index >= 15 is 0 Å². The standard InChI is InChI=1S/C28H40FN5O3S/c1-17(2)14-15-31-26(35)22(16-18(3)4)34(21-12-10-19(29)11-13-21)28(37)25-23(30)24(33-38-25)27(36)32-20-8-6-5-7-9-20/h10-13,17-18,20,22H,5-9,14-16,30H2,1-4H3,(H,31,35)(H,32,36)/t22-/m1/s1. The number of nitrogens with one attached hydrogen (secondary N) is 2. The lowest BCUT2D eigenvalue weighted by molar-refractivity contribution is -0.122. The average molecular weight is 546 g/mol. The van der Waals surface area contributed by atoms with E-state index in [1.807, 2.05) is 13.8 Å². The van der Waals surface area contributed by atoms with Crippen LogP contribution < -0.4 is 21.3 Å². The summed E-state index contributed by atoms with van der Waals surface area (Å²) in [5.74, 6) is -1.21. The van der Waals surface area contributed by atoms with Crippen molar-refractivity contribution in [3.8, 4) is 0 Å². The third-order valence-electron chi connectivity index (χ3n) is 6.73. The fourth-order valence-electron chi connectivity index (χ4n) is 4.64. The second kappa shape index (κ2) is 13.7. The summed E-state index contributed by atoms with van der Waals surface area (Å²) in [6.07, 6.45) is 6.27. The highest BCUT2D eigenvalue weighted by atomic mass is 32.1. The molecule has 10 heteroatoms. The van der Waals surface area contributed by atoms with Crippen LogP contribution in [0.3, 0.4) is 0 Å². The summed E-state index contributed by atoms with van der Waals surface area (Å²) < 4.78 is 18.0. The summed E-state index contributed by atoms with van der Waals surface area (Å²) in [5, 5.41) is 5.95. The van der Waals surface area contributed by atoms with Crippen LogP contribution in [0.5, 0.6) is 0 Å². The molecule has 2 aromatic rings. The maximum atomic E-state index is 14.0. The van der Waals surface area contributed by atoms with Crippen LogP contribution in [0, 0.1) is 17.7 Å². The molecule has 1 atom stereocenters. The topological polar surface area (TPSA) is 117 Å². The van der Waals surface area contributed by atoms with E-state index in [1.54, 1.807) is 0 Å². The molecule has 1 aliphatic carbocycles. The molecule has 208 valence electrons. The lowest BCUT2D eigenvalue weighted by atomic mass is 9.95. The summed E-state index contributed by atoms with van der Waals surface area (Å²) in [7, 11) is 0. The molecule has 1 fully saturated rings. The number of halogens is 1. The first kappa shape index (κ1) is 29.5. The van der Waals surface area contributed by atoms with Crippen LogP contribution in [0.15, 0.2) is 24.3 Å². The molecule has 0 spiro atoms. The number of nitrogen functional groups attached to an aromatic ring is 1. The van der Waals surface area contributed by atoms with E-state index in [1.165, 1.54) is 29.2 Å². The summed E-state index contributed by atoms with van der Waals surface area (Å²) in [4.78, 5) is 41.8. The number of benzene rings is 1. The largest absolute Gasteiger partial charge is 0.395 e. The van der Waals surface area contributed by atoms with E-state index < -0.39 is 23.7 Å². The number of carbonyl (C=O) groups is 3. The Hall–Kier alpha value is -3.01. The number of anilines is 2. The quantitative estimate of drug-likeness (QED) is 0.361. The molecule has 4 N–H and O–H groups in total. The van der Waals surface area contributed by atoms with Crippen LogP contribution >= 0.6 is 11.5 Å². The molecular formula is C28H40FN5O3S. The van der Waals surface area contributed by atoms with Gasteiger partial charge in [-0.25, -0.2) is 4.39 Å². The van der Waals surface area contributed by atoms with Crippen molar-refractivity contribution in [3.63, 3.8) is 0 Å². The lowest BCUT2D eigenvalue weighted by Gasteiger charge is -2.32. The zero-order valence-corrected chi connectivity index (χ0v) is 23.6. The van der Waals surface area contributed by atoms with Crippen molar-refractivity contribution in [2.75, 3.05) is 17.2 Å². The molecule has 3 rings (SSSR count). The molecular weight excluding hydrogens is 505 g/mol. The van der Waals surface area contributed by atoms with Gasteiger partial charge in [-0.2, -0.15) is 4.37 Å². The number of nitrogens with two attached hydrogens (primary N) is 1. The number of hydrogen-bond acceptors (Lipinski definition) is 6. The van der Waals surface area contributed by atoms with E-state index in [0.717, 1.165) is 50.1 Å². The minimum atomic E-state index is -0.860. The lowest BCUT2D eigenvalue weighted by Crippen LogP contribution is -2.51. The maximum Gasteiger partial charge on any atom is 0.273 e. The highest BCUT2D eigenvalue weighted by Crippen LogP contribution is 2.30. The monoisotopic (exact) mass is 545 g/mol. The van der Waals surface area contributed by atoms with Crippen LogP contribution in [0.4, 0.5) is 15.8 Å². The van der Waals surface area contributed by atoms with Crippen LogP contribution in [0.2, 0.25) is 0 Å². The van der Waals surface area contributed by atoms with Gasteiger partial charge in [0, 0.05) is 18.3 Å². The summed E-state index contributed by atoms with van der Waals surface area (Å²) in [6, 6.07) is 4.64. The number of rotatable bonds is 11. The molecule has 38 heavy (non-hydrogen) atoms. The number of hydrogen-bond donors (Lipinski definition) is 3. The molecule has 1 aliphatic rings. The van der Waals surface area contributed by atoms with Crippen molar-refractivity contribution in [1.82, 2.24) is 15.0 Å². The van der Waals surface area contributed by atoms with Crippen LogP contribution in [-0.4, -0.2) is 40.7 Å². The molecule has 1 heterocycles. The summed E-state index contributed by atoms with van der Waals surface area (Å²) in [5.41, 5.74) is 6.69. The molecule has 3 amide bonds. The summed E-state index contributed by atoms with van der Waals surface area (Å²) >= 11 is 0.838. The van der Waals surface area contributed by atoms with Crippen molar-refractivity contribution >= 4 is 40.6 Å². The Labute approximate surface area is 228 Å². The maximum absolute atomic E-state index is 14.0. The van der Waals surface area contributed by atoms with Crippen LogP contribution in [-0.2, 0) is 4.79 Å². The van der Waals surface area contributed by atoms with Gasteiger partial charge in [0.25, 0.3) is 11.8 Å². The van der Waals surface area contributed by atoms with E-state index in [4.69, 9.17) is 5.73 Å². The minimum Gasteiger partial charge on any atom is -0.395 e. The number of aromatic nitrogens is 1. The van der Waals surface area contributed by atoms with Crippen molar-refractivity contribution in [2.45, 2.75) is 84.7 Å². The Balaban J connectivity index is 1.93. The first-order valence-electron chi connectivity index (χ1n) is 13.5. The highest BCUT2D eigenvalue weighted by Gasteiger charge is 2.35. The van der Waals surface area contributed by atoms with Crippen molar-refractivity contribution in [3.05, 3.63) is 40.7 Å². The minimum absolute atomic E-state index is 0.0102. The van der Waals surface area contributed by atoms with Gasteiger partial charge in [0.05, 0.1) is 5.69 Å². The third kappa shape index (κ3) is 7.75. The van der Waals surface area contributed by atoms with Gasteiger partial charge in [0.2, 0.25) is 5.91 Å².